The van der Waals surface area contributed by atoms with E-state index in [0.717, 1.165) is 32.2 Å². The van der Waals surface area contributed by atoms with E-state index in [1.807, 2.05) is 0 Å². The quantitative estimate of drug-likeness (QED) is 0.811. The Kier molecular flexibility index (Phi) is 3.17. The smallest absolute Gasteiger partial charge is 0.164 e. The van der Waals surface area contributed by atoms with Crippen molar-refractivity contribution in [3.8, 4) is 0 Å². The van der Waals surface area contributed by atoms with Gasteiger partial charge in [0.05, 0.1) is 6.10 Å². The molecule has 4 nitrogen and oxygen atoms in total. The van der Waals surface area contributed by atoms with Gasteiger partial charge in [0.1, 0.15) is 5.02 Å². The third-order valence-electron chi connectivity index (χ3n) is 3.00. The Bertz CT molecular complexity index is 312. The van der Waals surface area contributed by atoms with Gasteiger partial charge in [-0.3, -0.25) is 4.68 Å². The van der Waals surface area contributed by atoms with E-state index in [1.54, 1.807) is 10.9 Å². The third kappa shape index (κ3) is 2.63. The SMILES string of the molecule is Nc1nn(CC2CCC(O)CC2)cc1Cl. The summed E-state index contributed by atoms with van der Waals surface area (Å²) in [4.78, 5) is 0. The second-order valence-corrected chi connectivity index (χ2v) is 4.67. The van der Waals surface area contributed by atoms with Crippen molar-refractivity contribution in [2.45, 2.75) is 38.3 Å². The second-order valence-electron chi connectivity index (χ2n) is 4.26. The molecule has 1 aromatic heterocycles. The van der Waals surface area contributed by atoms with Crippen molar-refractivity contribution in [2.75, 3.05) is 5.73 Å². The monoisotopic (exact) mass is 229 g/mol. The molecule has 3 N–H and O–H groups in total. The first-order valence-electron chi connectivity index (χ1n) is 5.31. The van der Waals surface area contributed by atoms with Crippen molar-refractivity contribution in [3.05, 3.63) is 11.2 Å². The van der Waals surface area contributed by atoms with Gasteiger partial charge in [0, 0.05) is 12.7 Å². The lowest BCUT2D eigenvalue weighted by Gasteiger charge is -2.25. The van der Waals surface area contributed by atoms with Crippen molar-refractivity contribution in [2.24, 2.45) is 5.92 Å². The van der Waals surface area contributed by atoms with Gasteiger partial charge in [0.2, 0.25) is 0 Å². The summed E-state index contributed by atoms with van der Waals surface area (Å²) < 4.78 is 1.81. The summed E-state index contributed by atoms with van der Waals surface area (Å²) in [6.45, 7) is 0.851. The first-order chi connectivity index (χ1) is 7.15. The molecule has 0 aromatic carbocycles. The van der Waals surface area contributed by atoms with Gasteiger partial charge >= 0.3 is 0 Å². The molecule has 0 radical (unpaired) electrons. The standard InChI is InChI=1S/C10H16ClN3O/c11-9-6-14(13-10(9)12)5-7-1-3-8(15)4-2-7/h6-8,15H,1-5H2,(H2,12,13). The lowest BCUT2D eigenvalue weighted by atomic mass is 9.87. The van der Waals surface area contributed by atoms with Crippen LogP contribution >= 0.6 is 11.6 Å². The number of nitrogen functional groups attached to an aromatic ring is 1. The number of hydrogen-bond donors (Lipinski definition) is 2. The van der Waals surface area contributed by atoms with E-state index in [1.165, 1.54) is 0 Å². The van der Waals surface area contributed by atoms with Crippen LogP contribution in [0, 0.1) is 5.92 Å². The lowest BCUT2D eigenvalue weighted by Crippen LogP contribution is -2.21. The van der Waals surface area contributed by atoms with E-state index in [2.05, 4.69) is 5.10 Å². The van der Waals surface area contributed by atoms with Crippen molar-refractivity contribution in [3.63, 3.8) is 0 Å². The summed E-state index contributed by atoms with van der Waals surface area (Å²) in [5.74, 6) is 0.983. The predicted molar refractivity (Wildman–Crippen MR) is 59.6 cm³/mol. The molecule has 84 valence electrons. The Morgan fingerprint density at radius 2 is 2.13 bits per heavy atom. The van der Waals surface area contributed by atoms with Crippen molar-refractivity contribution < 1.29 is 5.11 Å². The van der Waals surface area contributed by atoms with Crippen LogP contribution in [0.3, 0.4) is 0 Å². The number of hydrogen-bond acceptors (Lipinski definition) is 3. The van der Waals surface area contributed by atoms with Gasteiger partial charge in [-0.25, -0.2) is 0 Å². The fourth-order valence-corrected chi connectivity index (χ4v) is 2.25. The van der Waals surface area contributed by atoms with E-state index < -0.39 is 0 Å². The fourth-order valence-electron chi connectivity index (χ4n) is 2.10. The van der Waals surface area contributed by atoms with Gasteiger partial charge < -0.3 is 10.8 Å². The second kappa shape index (κ2) is 4.41. The molecule has 0 aliphatic heterocycles. The van der Waals surface area contributed by atoms with Crippen molar-refractivity contribution >= 4 is 17.4 Å². The molecule has 1 fully saturated rings. The third-order valence-corrected chi connectivity index (χ3v) is 3.30. The summed E-state index contributed by atoms with van der Waals surface area (Å²) >= 11 is 5.82. The molecule has 0 unspecified atom stereocenters. The zero-order valence-electron chi connectivity index (χ0n) is 8.56. The van der Waals surface area contributed by atoms with Gasteiger partial charge in [-0.15, -0.1) is 0 Å². The summed E-state index contributed by atoms with van der Waals surface area (Å²) in [6, 6.07) is 0. The molecule has 1 heterocycles. The number of nitrogens with zero attached hydrogens (tertiary/aromatic N) is 2. The van der Waals surface area contributed by atoms with Crippen molar-refractivity contribution in [1.29, 1.82) is 0 Å². The molecular weight excluding hydrogens is 214 g/mol. The molecule has 2 rings (SSSR count). The van der Waals surface area contributed by atoms with Gasteiger partial charge in [-0.1, -0.05) is 11.6 Å². The van der Waals surface area contributed by atoms with Crippen LogP contribution in [0.15, 0.2) is 6.20 Å². The molecule has 15 heavy (non-hydrogen) atoms. The molecule has 1 aliphatic rings. The van der Waals surface area contributed by atoms with Gasteiger partial charge in [0.25, 0.3) is 0 Å². The lowest BCUT2D eigenvalue weighted by molar-refractivity contribution is 0.103. The van der Waals surface area contributed by atoms with Crippen LogP contribution in [0.1, 0.15) is 25.7 Å². The molecule has 0 amide bonds. The zero-order chi connectivity index (χ0) is 10.8. The Labute approximate surface area is 94.0 Å². The molecule has 0 atom stereocenters. The minimum Gasteiger partial charge on any atom is -0.393 e. The number of nitrogens with two attached hydrogens (primary N) is 1. The van der Waals surface area contributed by atoms with E-state index in [0.29, 0.717) is 16.8 Å². The highest BCUT2D eigenvalue weighted by Gasteiger charge is 2.20. The minimum absolute atomic E-state index is 0.104. The summed E-state index contributed by atoms with van der Waals surface area (Å²) in [7, 11) is 0. The molecule has 0 saturated heterocycles. The Hall–Kier alpha value is -0.740. The summed E-state index contributed by atoms with van der Waals surface area (Å²) in [6.07, 6.45) is 5.57. The fraction of sp³-hybridized carbons (Fsp3) is 0.700. The van der Waals surface area contributed by atoms with Gasteiger partial charge in [0.15, 0.2) is 5.82 Å². The maximum Gasteiger partial charge on any atom is 0.164 e. The topological polar surface area (TPSA) is 64.1 Å². The van der Waals surface area contributed by atoms with Crippen molar-refractivity contribution in [1.82, 2.24) is 9.78 Å². The number of anilines is 1. The molecule has 1 aliphatic carbocycles. The van der Waals surface area contributed by atoms with Crippen LogP contribution in [-0.2, 0) is 6.54 Å². The molecule has 1 aromatic rings. The number of aliphatic hydroxyl groups excluding tert-OH is 1. The van der Waals surface area contributed by atoms with Crippen LogP contribution in [-0.4, -0.2) is 21.0 Å². The highest BCUT2D eigenvalue weighted by molar-refractivity contribution is 6.32. The van der Waals surface area contributed by atoms with Crippen LogP contribution < -0.4 is 5.73 Å². The van der Waals surface area contributed by atoms with Crippen LogP contribution in [0.2, 0.25) is 5.02 Å². The Morgan fingerprint density at radius 3 is 2.67 bits per heavy atom. The average molecular weight is 230 g/mol. The molecule has 0 spiro atoms. The van der Waals surface area contributed by atoms with E-state index >= 15 is 0 Å². The van der Waals surface area contributed by atoms with Gasteiger partial charge in [-0.2, -0.15) is 5.10 Å². The Morgan fingerprint density at radius 1 is 1.47 bits per heavy atom. The average Bonchev–Trinajstić information content (AvgIpc) is 2.50. The molecule has 5 heteroatoms. The van der Waals surface area contributed by atoms with Crippen LogP contribution in [0.4, 0.5) is 5.82 Å². The highest BCUT2D eigenvalue weighted by Crippen LogP contribution is 2.26. The minimum atomic E-state index is -0.104. The van der Waals surface area contributed by atoms with E-state index in [9.17, 15) is 5.11 Å². The molecule has 1 saturated carbocycles. The largest absolute Gasteiger partial charge is 0.393 e. The zero-order valence-corrected chi connectivity index (χ0v) is 9.32. The first kappa shape index (κ1) is 10.8. The van der Waals surface area contributed by atoms with Gasteiger partial charge in [-0.05, 0) is 31.6 Å². The predicted octanol–water partition coefficient (Wildman–Crippen LogP) is 1.67. The molecule has 0 bridgehead atoms. The Balaban J connectivity index is 1.91. The van der Waals surface area contributed by atoms with Crippen LogP contribution in [0.5, 0.6) is 0 Å². The number of halogens is 1. The summed E-state index contributed by atoms with van der Waals surface area (Å²) in [5, 5.41) is 14.0. The van der Waals surface area contributed by atoms with E-state index in [4.69, 9.17) is 17.3 Å². The maximum atomic E-state index is 9.38. The summed E-state index contributed by atoms with van der Waals surface area (Å²) in [5.41, 5.74) is 5.56. The molecular formula is C10H16ClN3O. The van der Waals surface area contributed by atoms with E-state index in [-0.39, 0.29) is 6.10 Å². The number of aromatic nitrogens is 2. The normalized spacial score (nSPS) is 26.8. The highest BCUT2D eigenvalue weighted by atomic mass is 35.5. The maximum absolute atomic E-state index is 9.38. The number of aliphatic hydroxyl groups is 1. The van der Waals surface area contributed by atoms with Crippen LogP contribution in [0.25, 0.3) is 0 Å². The number of rotatable bonds is 2. The first-order valence-corrected chi connectivity index (χ1v) is 5.69.